The van der Waals surface area contributed by atoms with Gasteiger partial charge in [-0.25, -0.2) is 0 Å². The Bertz CT molecular complexity index is 5120. The van der Waals surface area contributed by atoms with Gasteiger partial charge in [0.1, 0.15) is 0 Å². The van der Waals surface area contributed by atoms with Crippen LogP contribution in [0.25, 0.3) is 129 Å². The predicted octanol–water partition coefficient (Wildman–Crippen LogP) is 25.7. The predicted molar refractivity (Wildman–Crippen MR) is 389 cm³/mol. The summed E-state index contributed by atoms with van der Waals surface area (Å²) in [6.45, 7) is 0. The van der Waals surface area contributed by atoms with Crippen molar-refractivity contribution in [2.75, 3.05) is 9.80 Å². The molecule has 2 nitrogen and oxygen atoms in total. The number of fused-ring (bicyclic) bond motifs is 6. The summed E-state index contributed by atoms with van der Waals surface area (Å²) in [6.07, 6.45) is 0. The molecule has 2 heterocycles. The van der Waals surface area contributed by atoms with Crippen molar-refractivity contribution in [3.8, 4) is 65.4 Å². The molecule has 0 bridgehead atoms. The summed E-state index contributed by atoms with van der Waals surface area (Å²) in [7, 11) is 0. The van der Waals surface area contributed by atoms with Crippen LogP contribution in [0.1, 0.15) is 0 Å². The van der Waals surface area contributed by atoms with Crippen LogP contribution < -0.4 is 9.80 Å². The van der Waals surface area contributed by atoms with Crippen molar-refractivity contribution in [1.29, 1.82) is 0 Å². The number of hydrogen-bond donors (Lipinski definition) is 0. The zero-order valence-corrected chi connectivity index (χ0v) is 50.7. The maximum absolute atomic E-state index is 2.42. The van der Waals surface area contributed by atoms with Gasteiger partial charge in [0.05, 0.1) is 0 Å². The molecule has 0 amide bonds. The van der Waals surface area contributed by atoms with Gasteiger partial charge in [-0.05, 0) is 160 Å². The number of nitrogens with zero attached hydrogens (tertiary/aromatic N) is 2. The summed E-state index contributed by atoms with van der Waals surface area (Å²) >= 11 is 3.74. The normalized spacial score (nSPS) is 11.6. The van der Waals surface area contributed by atoms with Crippen LogP contribution in [-0.4, -0.2) is 0 Å². The molecule has 0 saturated heterocycles. The number of thiophene rings is 2. The van der Waals surface area contributed by atoms with Crippen molar-refractivity contribution in [1.82, 2.24) is 0 Å². The molecular weight excluding hydrogens is 1130 g/mol. The monoisotopic (exact) mass is 1180 g/mol. The molecule has 2 aromatic heterocycles. The van der Waals surface area contributed by atoms with Crippen LogP contribution >= 0.6 is 22.7 Å². The van der Waals surface area contributed by atoms with Gasteiger partial charge in [-0.15, -0.1) is 22.7 Å². The quantitative estimate of drug-likeness (QED) is 0.113. The highest BCUT2D eigenvalue weighted by Crippen LogP contribution is 2.51. The lowest BCUT2D eigenvalue weighted by atomic mass is 9.86. The highest BCUT2D eigenvalue weighted by atomic mass is 32.1. The molecule has 4 heteroatoms. The molecule has 0 fully saturated rings. The van der Waals surface area contributed by atoms with Crippen molar-refractivity contribution in [2.45, 2.75) is 0 Å². The van der Waals surface area contributed by atoms with Gasteiger partial charge < -0.3 is 9.80 Å². The molecular formula is C86H56N2S2. The third-order valence-electron chi connectivity index (χ3n) is 17.8. The third-order valence-corrected chi connectivity index (χ3v) is 20.2. The summed E-state index contributed by atoms with van der Waals surface area (Å²) in [5.41, 5.74) is 18.8. The van der Waals surface area contributed by atoms with Gasteiger partial charge in [-0.2, -0.15) is 0 Å². The first-order valence-electron chi connectivity index (χ1n) is 30.7. The van der Waals surface area contributed by atoms with Crippen molar-refractivity contribution < 1.29 is 0 Å². The Kier molecular flexibility index (Phi) is 13.3. The second-order valence-electron chi connectivity index (χ2n) is 23.1. The van der Waals surface area contributed by atoms with E-state index < -0.39 is 0 Å². The summed E-state index contributed by atoms with van der Waals surface area (Å²) in [5.74, 6) is 0. The van der Waals surface area contributed by atoms with Gasteiger partial charge in [0.25, 0.3) is 0 Å². The number of anilines is 6. The molecule has 0 aliphatic carbocycles. The Morgan fingerprint density at radius 3 is 0.822 bits per heavy atom. The largest absolute Gasteiger partial charge is 0.310 e. The van der Waals surface area contributed by atoms with Crippen LogP contribution in [0.2, 0.25) is 0 Å². The molecule has 0 spiro atoms. The fraction of sp³-hybridized carbons (Fsp3) is 0. The van der Waals surface area contributed by atoms with E-state index in [1.54, 1.807) is 0 Å². The van der Waals surface area contributed by atoms with E-state index in [2.05, 4.69) is 350 Å². The van der Waals surface area contributed by atoms with Crippen molar-refractivity contribution in [3.63, 3.8) is 0 Å². The lowest BCUT2D eigenvalue weighted by Crippen LogP contribution is -2.10. The first-order chi connectivity index (χ1) is 44.6. The Balaban J connectivity index is 0.772. The van der Waals surface area contributed by atoms with Gasteiger partial charge in [0.2, 0.25) is 0 Å². The minimum atomic E-state index is 1.09. The molecule has 0 unspecified atom stereocenters. The lowest BCUT2D eigenvalue weighted by molar-refractivity contribution is 1.30. The molecule has 0 aliphatic heterocycles. The summed E-state index contributed by atoms with van der Waals surface area (Å²) < 4.78 is 2.49. The van der Waals surface area contributed by atoms with E-state index in [0.717, 1.165) is 34.1 Å². The average Bonchev–Trinajstić information content (AvgIpc) is 0.937. The van der Waals surface area contributed by atoms with Gasteiger partial charge in [-0.3, -0.25) is 0 Å². The summed E-state index contributed by atoms with van der Waals surface area (Å²) in [4.78, 5) is 7.41. The highest BCUT2D eigenvalue weighted by Gasteiger charge is 2.24. The molecule has 0 atom stereocenters. The minimum absolute atomic E-state index is 1.09. The number of hydrogen-bond acceptors (Lipinski definition) is 4. The fourth-order valence-corrected chi connectivity index (χ4v) is 16.2. The molecule has 17 aromatic rings. The summed E-state index contributed by atoms with van der Waals surface area (Å²) in [6, 6.07) is 125. The molecule has 0 N–H and O–H groups in total. The Morgan fingerprint density at radius 2 is 0.456 bits per heavy atom. The molecule has 422 valence electrons. The Hall–Kier alpha value is -11.1. The molecule has 15 aromatic carbocycles. The van der Waals surface area contributed by atoms with Crippen molar-refractivity contribution >= 4 is 120 Å². The van der Waals surface area contributed by atoms with E-state index in [4.69, 9.17) is 0 Å². The molecule has 0 aliphatic rings. The van der Waals surface area contributed by atoms with Gasteiger partial charge in [-0.1, -0.05) is 267 Å². The van der Waals surface area contributed by atoms with Crippen LogP contribution in [-0.2, 0) is 0 Å². The smallest absolute Gasteiger partial charge is 0.0476 e. The second kappa shape index (κ2) is 22.5. The maximum Gasteiger partial charge on any atom is 0.0476 e. The van der Waals surface area contributed by atoms with Crippen LogP contribution in [0.4, 0.5) is 34.1 Å². The van der Waals surface area contributed by atoms with Crippen LogP contribution in [0, 0.1) is 0 Å². The number of rotatable bonds is 12. The lowest BCUT2D eigenvalue weighted by Gasteiger charge is -2.27. The minimum Gasteiger partial charge on any atom is -0.310 e. The Morgan fingerprint density at radius 1 is 0.178 bits per heavy atom. The van der Waals surface area contributed by atoms with E-state index in [0.29, 0.717) is 0 Å². The first kappa shape index (κ1) is 53.1. The standard InChI is InChI=1S/C86H56N2S2/c1-5-23-59(24-6-1)83-77-51-49-71(55-79(77)89-85(83)63-27-9-3-10-28-63)87(69-47-37-57-21-13-15-31-65(57)53-69)67-43-39-61(40-44-67)81-73-33-17-19-35-75(73)82(76-36-20-18-34-74(76)81)62-41-45-68(46-42-62)88(70-48-38-58-22-14-16-32-66(58)54-70)72-50-52-78-80(56-72)90-86(64-29-11-4-12-30-64)84(78)60-25-7-2-8-26-60/h1-56H. The first-order valence-corrected chi connectivity index (χ1v) is 32.3. The van der Waals surface area contributed by atoms with E-state index in [1.165, 1.54) is 129 Å². The maximum atomic E-state index is 2.42. The van der Waals surface area contributed by atoms with E-state index in [9.17, 15) is 0 Å². The SMILES string of the molecule is c1ccc(-c2sc3cc(N(c4ccc(-c5c6ccccc6c(-c6ccc(N(c7ccc8ccccc8c7)c7ccc8c(-c9ccccc9)c(-c9ccccc9)sc8c7)cc6)c6ccccc56)cc4)c4ccc5ccccc5c4)ccc3c2-c2ccccc2)cc1. The van der Waals surface area contributed by atoms with E-state index in [1.807, 2.05) is 22.7 Å². The van der Waals surface area contributed by atoms with E-state index >= 15 is 0 Å². The van der Waals surface area contributed by atoms with Gasteiger partial charge in [0.15, 0.2) is 0 Å². The second-order valence-corrected chi connectivity index (χ2v) is 25.2. The van der Waals surface area contributed by atoms with Crippen LogP contribution in [0.15, 0.2) is 340 Å². The molecule has 90 heavy (non-hydrogen) atoms. The Labute approximate surface area is 531 Å². The highest BCUT2D eigenvalue weighted by molar-refractivity contribution is 7.23. The van der Waals surface area contributed by atoms with Crippen LogP contribution in [0.3, 0.4) is 0 Å². The summed E-state index contributed by atoms with van der Waals surface area (Å²) in [5, 5.41) is 12.2. The molecule has 0 radical (unpaired) electrons. The zero-order chi connectivity index (χ0) is 59.5. The van der Waals surface area contributed by atoms with E-state index in [-0.39, 0.29) is 0 Å². The molecule has 0 saturated carbocycles. The van der Waals surface area contributed by atoms with Gasteiger partial charge >= 0.3 is 0 Å². The van der Waals surface area contributed by atoms with Crippen molar-refractivity contribution in [3.05, 3.63) is 340 Å². The van der Waals surface area contributed by atoms with Crippen LogP contribution in [0.5, 0.6) is 0 Å². The molecule has 17 rings (SSSR count). The zero-order valence-electron chi connectivity index (χ0n) is 49.0. The topological polar surface area (TPSA) is 6.48 Å². The fourth-order valence-electron chi connectivity index (χ4n) is 13.6. The average molecular weight is 1180 g/mol. The van der Waals surface area contributed by atoms with Crippen molar-refractivity contribution in [2.24, 2.45) is 0 Å². The third kappa shape index (κ3) is 9.41. The van der Waals surface area contributed by atoms with Gasteiger partial charge in [0, 0.05) is 75.2 Å². The number of benzene rings is 15.